The first-order valence-electron chi connectivity index (χ1n) is 7.32. The van der Waals surface area contributed by atoms with Crippen LogP contribution < -0.4 is 0 Å². The van der Waals surface area contributed by atoms with Gasteiger partial charge >= 0.3 is 6.09 Å². The van der Waals surface area contributed by atoms with Crippen LogP contribution in [0.4, 0.5) is 4.79 Å². The van der Waals surface area contributed by atoms with Gasteiger partial charge in [0.05, 0.1) is 0 Å². The van der Waals surface area contributed by atoms with Crippen LogP contribution in [0.15, 0.2) is 0 Å². The van der Waals surface area contributed by atoms with Crippen LogP contribution in [-0.4, -0.2) is 29.7 Å². The van der Waals surface area contributed by atoms with E-state index in [0.29, 0.717) is 36.4 Å². The average molecular weight is 263 g/mol. The van der Waals surface area contributed by atoms with Gasteiger partial charge in [-0.25, -0.2) is 4.79 Å². The second-order valence-corrected chi connectivity index (χ2v) is 6.90. The molecule has 0 saturated carbocycles. The predicted octanol–water partition coefficient (Wildman–Crippen LogP) is 3.44. The van der Waals surface area contributed by atoms with Crippen molar-refractivity contribution in [3.8, 4) is 12.3 Å². The Morgan fingerprint density at radius 3 is 2.37 bits per heavy atom. The van der Waals surface area contributed by atoms with E-state index >= 15 is 0 Å². The molecule has 2 fully saturated rings. The number of ether oxygens (including phenoxy) is 1. The lowest BCUT2D eigenvalue weighted by atomic mass is 9.73. The molecule has 2 heterocycles. The number of terminal acetylenes is 1. The number of piperidine rings is 1. The summed E-state index contributed by atoms with van der Waals surface area (Å²) in [6, 6.07) is 0.752. The van der Waals surface area contributed by atoms with Gasteiger partial charge in [0.1, 0.15) is 6.61 Å². The topological polar surface area (TPSA) is 29.5 Å². The Labute approximate surface area is 116 Å². The first-order valence-corrected chi connectivity index (χ1v) is 7.32. The van der Waals surface area contributed by atoms with Crippen LogP contribution in [0.1, 0.15) is 52.9 Å². The third kappa shape index (κ3) is 3.05. The molecule has 3 heteroatoms. The van der Waals surface area contributed by atoms with Crippen LogP contribution in [0.3, 0.4) is 0 Å². The van der Waals surface area contributed by atoms with Crippen molar-refractivity contribution >= 4 is 6.09 Å². The minimum atomic E-state index is -0.157. The second-order valence-electron chi connectivity index (χ2n) is 6.90. The summed E-state index contributed by atoms with van der Waals surface area (Å²) in [6.07, 6.45) is 10.00. The monoisotopic (exact) mass is 263 g/mol. The molecule has 2 bridgehead atoms. The second kappa shape index (κ2) is 5.45. The Hall–Kier alpha value is -1.17. The first kappa shape index (κ1) is 14.2. The summed E-state index contributed by atoms with van der Waals surface area (Å²) in [7, 11) is 0. The van der Waals surface area contributed by atoms with E-state index in [2.05, 4.69) is 26.7 Å². The van der Waals surface area contributed by atoms with Crippen molar-refractivity contribution in [2.75, 3.05) is 6.61 Å². The van der Waals surface area contributed by atoms with Crippen LogP contribution >= 0.6 is 0 Å². The molecule has 106 valence electrons. The number of nitrogens with zero attached hydrogens (tertiary/aromatic N) is 1. The zero-order valence-electron chi connectivity index (χ0n) is 12.3. The number of hydrogen-bond acceptors (Lipinski definition) is 2. The van der Waals surface area contributed by atoms with E-state index < -0.39 is 0 Å². The van der Waals surface area contributed by atoms with Crippen LogP contribution in [-0.2, 0) is 4.74 Å². The normalized spacial score (nSPS) is 30.0. The van der Waals surface area contributed by atoms with Crippen molar-refractivity contribution in [1.82, 2.24) is 4.90 Å². The molecule has 0 aromatic rings. The van der Waals surface area contributed by atoms with Crippen LogP contribution in [0.25, 0.3) is 0 Å². The van der Waals surface area contributed by atoms with E-state index in [1.165, 1.54) is 0 Å². The maximum Gasteiger partial charge on any atom is 0.410 e. The standard InChI is InChI=1S/C16H25NO2/c1-5-6-9-19-15(18)17-13-7-8-14(17)11-12(10-13)16(2,3)4/h1,12-14H,6-11H2,2-4H3. The van der Waals surface area contributed by atoms with Gasteiger partial charge in [-0.15, -0.1) is 12.3 Å². The minimum absolute atomic E-state index is 0.157. The first-order chi connectivity index (χ1) is 8.93. The fraction of sp³-hybridized carbons (Fsp3) is 0.812. The Morgan fingerprint density at radius 2 is 1.89 bits per heavy atom. The van der Waals surface area contributed by atoms with Gasteiger partial charge in [-0.2, -0.15) is 0 Å². The van der Waals surface area contributed by atoms with E-state index in [-0.39, 0.29) is 6.09 Å². The van der Waals surface area contributed by atoms with E-state index in [1.54, 1.807) is 0 Å². The number of carbonyl (C=O) groups excluding carboxylic acids is 1. The van der Waals surface area contributed by atoms with Crippen molar-refractivity contribution in [2.24, 2.45) is 11.3 Å². The van der Waals surface area contributed by atoms with Gasteiger partial charge in [-0.05, 0) is 37.0 Å². The van der Waals surface area contributed by atoms with E-state index in [4.69, 9.17) is 11.2 Å². The molecular formula is C16H25NO2. The summed E-state index contributed by atoms with van der Waals surface area (Å²) in [5.74, 6) is 3.20. The zero-order chi connectivity index (χ0) is 14.0. The van der Waals surface area contributed by atoms with E-state index in [9.17, 15) is 4.79 Å². The largest absolute Gasteiger partial charge is 0.448 e. The molecule has 1 amide bonds. The molecule has 2 aliphatic heterocycles. The summed E-state index contributed by atoms with van der Waals surface area (Å²) in [6.45, 7) is 7.25. The highest BCUT2D eigenvalue weighted by Gasteiger charge is 2.46. The molecule has 0 spiro atoms. The maximum absolute atomic E-state index is 12.1. The summed E-state index contributed by atoms with van der Waals surface area (Å²) >= 11 is 0. The van der Waals surface area contributed by atoms with Crippen molar-refractivity contribution < 1.29 is 9.53 Å². The van der Waals surface area contributed by atoms with Crippen molar-refractivity contribution in [3.63, 3.8) is 0 Å². The van der Waals surface area contributed by atoms with Crippen LogP contribution in [0.5, 0.6) is 0 Å². The molecule has 2 unspecified atom stereocenters. The number of hydrogen-bond donors (Lipinski definition) is 0. The highest BCUT2D eigenvalue weighted by molar-refractivity contribution is 5.69. The highest BCUT2D eigenvalue weighted by Crippen LogP contribution is 2.45. The van der Waals surface area contributed by atoms with Gasteiger partial charge in [-0.1, -0.05) is 20.8 Å². The quantitative estimate of drug-likeness (QED) is 0.564. The smallest absolute Gasteiger partial charge is 0.410 e. The summed E-state index contributed by atoms with van der Waals surface area (Å²) in [4.78, 5) is 14.1. The number of rotatable bonds is 2. The van der Waals surface area contributed by atoms with Gasteiger partial charge in [0.15, 0.2) is 0 Å². The Kier molecular flexibility index (Phi) is 4.08. The molecule has 2 saturated heterocycles. The SMILES string of the molecule is C#CCCOC(=O)N1C2CCC1CC(C(C)(C)C)C2. The molecule has 2 aliphatic rings. The van der Waals surface area contributed by atoms with Gasteiger partial charge < -0.3 is 9.64 Å². The number of carbonyl (C=O) groups is 1. The van der Waals surface area contributed by atoms with Gasteiger partial charge in [0.25, 0.3) is 0 Å². The fourth-order valence-electron chi connectivity index (χ4n) is 3.45. The zero-order valence-corrected chi connectivity index (χ0v) is 12.3. The van der Waals surface area contributed by atoms with Crippen LogP contribution in [0, 0.1) is 23.7 Å². The molecule has 0 aromatic heterocycles. The number of amides is 1. The Bertz CT molecular complexity index is 363. The molecule has 19 heavy (non-hydrogen) atoms. The van der Waals surface area contributed by atoms with Crippen molar-refractivity contribution in [3.05, 3.63) is 0 Å². The average Bonchev–Trinajstić information content (AvgIpc) is 2.58. The lowest BCUT2D eigenvalue weighted by Gasteiger charge is -2.43. The third-order valence-corrected chi connectivity index (χ3v) is 4.64. The molecule has 0 aliphatic carbocycles. The lowest BCUT2D eigenvalue weighted by molar-refractivity contribution is 0.0363. The number of fused-ring (bicyclic) bond motifs is 2. The molecular weight excluding hydrogens is 238 g/mol. The molecule has 0 radical (unpaired) electrons. The molecule has 2 atom stereocenters. The Balaban J connectivity index is 1.96. The molecule has 3 nitrogen and oxygen atoms in total. The van der Waals surface area contributed by atoms with E-state index in [1.807, 2.05) is 4.90 Å². The Morgan fingerprint density at radius 1 is 1.32 bits per heavy atom. The molecule has 0 N–H and O–H groups in total. The lowest BCUT2D eigenvalue weighted by Crippen LogP contribution is -2.48. The summed E-state index contributed by atoms with van der Waals surface area (Å²) < 4.78 is 5.27. The van der Waals surface area contributed by atoms with Gasteiger partial charge in [0, 0.05) is 18.5 Å². The highest BCUT2D eigenvalue weighted by atomic mass is 16.6. The molecule has 0 aromatic carbocycles. The van der Waals surface area contributed by atoms with Gasteiger partial charge in [-0.3, -0.25) is 0 Å². The van der Waals surface area contributed by atoms with Gasteiger partial charge in [0.2, 0.25) is 0 Å². The van der Waals surface area contributed by atoms with Crippen molar-refractivity contribution in [2.45, 2.75) is 65.0 Å². The maximum atomic E-state index is 12.1. The summed E-state index contributed by atoms with van der Waals surface area (Å²) in [5.41, 5.74) is 0.334. The fourth-order valence-corrected chi connectivity index (χ4v) is 3.45. The summed E-state index contributed by atoms with van der Waals surface area (Å²) in [5, 5.41) is 0. The van der Waals surface area contributed by atoms with Crippen LogP contribution in [0.2, 0.25) is 0 Å². The predicted molar refractivity (Wildman–Crippen MR) is 75.6 cm³/mol. The minimum Gasteiger partial charge on any atom is -0.448 e. The van der Waals surface area contributed by atoms with E-state index in [0.717, 1.165) is 25.7 Å². The molecule has 2 rings (SSSR count). The van der Waals surface area contributed by atoms with Crippen molar-refractivity contribution in [1.29, 1.82) is 0 Å². The third-order valence-electron chi connectivity index (χ3n) is 4.64.